The SMILES string of the molecule is CC1(C)C(C(=O)c2c[nH]c3cccc(C#N)c23)C1(C)C. The molecule has 3 heteroatoms. The number of carbonyl (C=O) groups is 1. The van der Waals surface area contributed by atoms with Gasteiger partial charge in [-0.2, -0.15) is 5.26 Å². The summed E-state index contributed by atoms with van der Waals surface area (Å²) in [4.78, 5) is 16.0. The fourth-order valence-corrected chi connectivity index (χ4v) is 3.48. The number of hydrogen-bond acceptors (Lipinski definition) is 2. The highest BCUT2D eigenvalue weighted by molar-refractivity contribution is 6.12. The minimum atomic E-state index is 0.00919. The van der Waals surface area contributed by atoms with Gasteiger partial charge in [-0.15, -0.1) is 0 Å². The summed E-state index contributed by atoms with van der Waals surface area (Å²) in [6.45, 7) is 8.54. The van der Waals surface area contributed by atoms with Crippen molar-refractivity contribution in [1.82, 2.24) is 4.98 Å². The van der Waals surface area contributed by atoms with Crippen LogP contribution in [0.2, 0.25) is 0 Å². The third-order valence-electron chi connectivity index (χ3n) is 5.37. The van der Waals surface area contributed by atoms with Crippen LogP contribution >= 0.6 is 0 Å². The van der Waals surface area contributed by atoms with E-state index < -0.39 is 0 Å². The predicted molar refractivity (Wildman–Crippen MR) is 78.4 cm³/mol. The lowest BCUT2D eigenvalue weighted by atomic mass is 9.98. The first-order valence-corrected chi connectivity index (χ1v) is 6.87. The fourth-order valence-electron chi connectivity index (χ4n) is 3.48. The number of rotatable bonds is 2. The Morgan fingerprint density at radius 1 is 1.25 bits per heavy atom. The lowest BCUT2D eigenvalue weighted by Gasteiger charge is -2.03. The Bertz CT molecular complexity index is 745. The summed E-state index contributed by atoms with van der Waals surface area (Å²) in [5.41, 5.74) is 2.08. The predicted octanol–water partition coefficient (Wildman–Crippen LogP) is 3.90. The van der Waals surface area contributed by atoms with Crippen molar-refractivity contribution in [2.24, 2.45) is 16.7 Å². The first-order valence-electron chi connectivity index (χ1n) is 6.87. The van der Waals surface area contributed by atoms with Crippen molar-refractivity contribution >= 4 is 16.7 Å². The second-order valence-corrected chi connectivity index (χ2v) is 6.78. The van der Waals surface area contributed by atoms with Crippen LogP contribution in [-0.2, 0) is 0 Å². The molecule has 1 aromatic carbocycles. The van der Waals surface area contributed by atoms with E-state index in [4.69, 9.17) is 0 Å². The molecule has 0 radical (unpaired) electrons. The molecule has 0 spiro atoms. The lowest BCUT2D eigenvalue weighted by molar-refractivity contribution is 0.0947. The zero-order chi connectivity index (χ0) is 14.7. The number of benzene rings is 1. The van der Waals surface area contributed by atoms with E-state index in [-0.39, 0.29) is 22.5 Å². The topological polar surface area (TPSA) is 56.6 Å². The monoisotopic (exact) mass is 266 g/mol. The summed E-state index contributed by atoms with van der Waals surface area (Å²) < 4.78 is 0. The molecule has 1 fully saturated rings. The molecule has 0 amide bonds. The number of carbonyl (C=O) groups excluding carboxylic acids is 1. The Balaban J connectivity index is 2.14. The maximum absolute atomic E-state index is 12.9. The number of nitrogens with one attached hydrogen (secondary N) is 1. The number of fused-ring (bicyclic) bond motifs is 1. The molecule has 3 nitrogen and oxygen atoms in total. The van der Waals surface area contributed by atoms with E-state index in [1.807, 2.05) is 12.1 Å². The maximum atomic E-state index is 12.9. The van der Waals surface area contributed by atoms with E-state index in [2.05, 4.69) is 38.7 Å². The number of aromatic amines is 1. The molecule has 1 N–H and O–H groups in total. The van der Waals surface area contributed by atoms with Gasteiger partial charge in [-0.1, -0.05) is 33.8 Å². The molecule has 102 valence electrons. The van der Waals surface area contributed by atoms with Crippen LogP contribution in [0, 0.1) is 28.1 Å². The van der Waals surface area contributed by atoms with Crippen molar-refractivity contribution in [2.45, 2.75) is 27.7 Å². The van der Waals surface area contributed by atoms with E-state index in [9.17, 15) is 10.1 Å². The highest BCUT2D eigenvalue weighted by Crippen LogP contribution is 2.69. The quantitative estimate of drug-likeness (QED) is 0.838. The summed E-state index contributed by atoms with van der Waals surface area (Å²) in [5.74, 6) is 0.162. The minimum absolute atomic E-state index is 0.00919. The highest BCUT2D eigenvalue weighted by Gasteiger charge is 2.68. The number of nitrogens with zero attached hydrogens (tertiary/aromatic N) is 1. The molecule has 1 heterocycles. The number of Topliss-reactive ketones (excluding diaryl/α,β-unsaturated/α-hetero) is 1. The van der Waals surface area contributed by atoms with Gasteiger partial charge in [0.05, 0.1) is 11.6 Å². The van der Waals surface area contributed by atoms with E-state index in [1.54, 1.807) is 12.3 Å². The average Bonchev–Trinajstić information content (AvgIpc) is 2.73. The van der Waals surface area contributed by atoms with Crippen LogP contribution < -0.4 is 0 Å². The molecular weight excluding hydrogens is 248 g/mol. The van der Waals surface area contributed by atoms with E-state index >= 15 is 0 Å². The Morgan fingerprint density at radius 2 is 1.90 bits per heavy atom. The zero-order valence-electron chi connectivity index (χ0n) is 12.2. The summed E-state index contributed by atoms with van der Waals surface area (Å²) >= 11 is 0. The first kappa shape index (κ1) is 12.9. The van der Waals surface area contributed by atoms with E-state index in [1.165, 1.54) is 0 Å². The maximum Gasteiger partial charge on any atom is 0.169 e. The minimum Gasteiger partial charge on any atom is -0.360 e. The summed E-state index contributed by atoms with van der Waals surface area (Å²) in [7, 11) is 0. The molecule has 3 rings (SSSR count). The Kier molecular flexibility index (Phi) is 2.41. The van der Waals surface area contributed by atoms with Crippen molar-refractivity contribution in [3.8, 4) is 6.07 Å². The number of nitriles is 1. The van der Waals surface area contributed by atoms with Crippen LogP contribution in [0.15, 0.2) is 24.4 Å². The normalized spacial score (nSPS) is 19.8. The van der Waals surface area contributed by atoms with Crippen molar-refractivity contribution in [3.63, 3.8) is 0 Å². The van der Waals surface area contributed by atoms with E-state index in [0.29, 0.717) is 11.1 Å². The van der Waals surface area contributed by atoms with Crippen LogP contribution in [-0.4, -0.2) is 10.8 Å². The first-order chi connectivity index (χ1) is 9.32. The smallest absolute Gasteiger partial charge is 0.169 e. The Hall–Kier alpha value is -2.08. The molecule has 1 aromatic heterocycles. The summed E-state index contributed by atoms with van der Waals surface area (Å²) in [6.07, 6.45) is 1.75. The molecule has 1 aliphatic carbocycles. The Labute approximate surface area is 118 Å². The van der Waals surface area contributed by atoms with Gasteiger partial charge in [-0.05, 0) is 23.0 Å². The third kappa shape index (κ3) is 1.42. The van der Waals surface area contributed by atoms with Crippen molar-refractivity contribution in [2.75, 3.05) is 0 Å². The molecule has 0 saturated heterocycles. The molecule has 1 saturated carbocycles. The van der Waals surface area contributed by atoms with Gasteiger partial charge in [0.1, 0.15) is 0 Å². The molecule has 0 unspecified atom stereocenters. The molecule has 2 aromatic rings. The molecular formula is C17H18N2O. The van der Waals surface area contributed by atoms with Crippen LogP contribution in [0.1, 0.15) is 43.6 Å². The van der Waals surface area contributed by atoms with Crippen LogP contribution in [0.3, 0.4) is 0 Å². The van der Waals surface area contributed by atoms with Gasteiger partial charge in [0.25, 0.3) is 0 Å². The van der Waals surface area contributed by atoms with Gasteiger partial charge < -0.3 is 4.98 Å². The average molecular weight is 266 g/mol. The lowest BCUT2D eigenvalue weighted by Crippen LogP contribution is -2.07. The van der Waals surface area contributed by atoms with Gasteiger partial charge >= 0.3 is 0 Å². The van der Waals surface area contributed by atoms with Crippen molar-refractivity contribution in [1.29, 1.82) is 5.26 Å². The highest BCUT2D eigenvalue weighted by atomic mass is 16.1. The van der Waals surface area contributed by atoms with Crippen molar-refractivity contribution < 1.29 is 4.79 Å². The number of hydrogen-bond donors (Lipinski definition) is 1. The van der Waals surface area contributed by atoms with Crippen LogP contribution in [0.25, 0.3) is 10.9 Å². The summed E-state index contributed by atoms with van der Waals surface area (Å²) in [6, 6.07) is 7.67. The molecule has 1 aliphatic rings. The number of ketones is 1. The van der Waals surface area contributed by atoms with Gasteiger partial charge in [-0.3, -0.25) is 4.79 Å². The second kappa shape index (κ2) is 3.73. The largest absolute Gasteiger partial charge is 0.360 e. The van der Waals surface area contributed by atoms with Crippen molar-refractivity contribution in [3.05, 3.63) is 35.5 Å². The van der Waals surface area contributed by atoms with Gasteiger partial charge in [-0.25, -0.2) is 0 Å². The molecule has 0 aliphatic heterocycles. The standard InChI is InChI=1S/C17H18N2O/c1-16(2)15(17(16,3)4)14(20)11-9-19-12-7-5-6-10(8-18)13(11)12/h5-7,9,15,19H,1-4H3. The molecule has 0 atom stereocenters. The second-order valence-electron chi connectivity index (χ2n) is 6.78. The fraction of sp³-hybridized carbons (Fsp3) is 0.412. The van der Waals surface area contributed by atoms with Gasteiger partial charge in [0, 0.05) is 28.6 Å². The Morgan fingerprint density at radius 3 is 2.45 bits per heavy atom. The number of aromatic nitrogens is 1. The third-order valence-corrected chi connectivity index (χ3v) is 5.37. The van der Waals surface area contributed by atoms with Gasteiger partial charge in [0.2, 0.25) is 0 Å². The van der Waals surface area contributed by atoms with E-state index in [0.717, 1.165) is 10.9 Å². The summed E-state index contributed by atoms with van der Waals surface area (Å²) in [5, 5.41) is 10.0. The number of H-pyrrole nitrogens is 1. The van der Waals surface area contributed by atoms with Crippen LogP contribution in [0.5, 0.6) is 0 Å². The van der Waals surface area contributed by atoms with Gasteiger partial charge in [0.15, 0.2) is 5.78 Å². The zero-order valence-corrected chi connectivity index (χ0v) is 12.2. The molecule has 20 heavy (non-hydrogen) atoms. The molecule has 0 bridgehead atoms. The van der Waals surface area contributed by atoms with Crippen LogP contribution in [0.4, 0.5) is 0 Å².